The second-order valence-corrected chi connectivity index (χ2v) is 35.7. The Morgan fingerprint density at radius 2 is 0.787 bits per heavy atom. The van der Waals surface area contributed by atoms with Crippen LogP contribution in [0.3, 0.4) is 0 Å². The van der Waals surface area contributed by atoms with E-state index in [1.807, 2.05) is 98.7 Å². The molecule has 0 aliphatic carbocycles. The van der Waals surface area contributed by atoms with Crippen LogP contribution >= 0.6 is 31.9 Å². The Morgan fingerprint density at radius 1 is 0.451 bits per heavy atom. The van der Waals surface area contributed by atoms with Gasteiger partial charge in [-0.25, -0.2) is 23.2 Å². The largest absolute Gasteiger partial charge is 1.00 e. The maximum atomic E-state index is 13.7. The number of nitrogens with zero attached hydrogens (tertiary/aromatic N) is 4. The number of alkyl halides is 8. The number of rotatable bonds is 10. The van der Waals surface area contributed by atoms with Gasteiger partial charge in [-0.1, -0.05) is 147 Å². The molecule has 0 saturated carbocycles. The van der Waals surface area contributed by atoms with Crippen molar-refractivity contribution >= 4 is 55.9 Å². The van der Waals surface area contributed by atoms with Gasteiger partial charge in [0.15, 0.2) is 0 Å². The summed E-state index contributed by atoms with van der Waals surface area (Å²) in [6.07, 6.45) is 1.20. The fourth-order valence-electron chi connectivity index (χ4n) is 15.0. The molecule has 2 N–H and O–H groups in total. The van der Waals surface area contributed by atoms with Crippen LogP contribution in [0.15, 0.2) is 170 Å². The Labute approximate surface area is 752 Å². The zero-order valence-electron chi connectivity index (χ0n) is 72.6. The van der Waals surface area contributed by atoms with Crippen molar-refractivity contribution in [2.24, 2.45) is 0 Å². The van der Waals surface area contributed by atoms with E-state index in [2.05, 4.69) is 84.5 Å². The van der Waals surface area contributed by atoms with Crippen molar-refractivity contribution in [3.05, 3.63) is 220 Å². The van der Waals surface area contributed by atoms with E-state index in [1.165, 1.54) is 59.2 Å². The summed E-state index contributed by atoms with van der Waals surface area (Å²) in [7, 11) is 0. The minimum atomic E-state index is -4.40. The number of fused-ring (bicyclic) bond motifs is 3. The summed E-state index contributed by atoms with van der Waals surface area (Å²) in [5.74, 6) is 2.65. The van der Waals surface area contributed by atoms with E-state index >= 15 is 0 Å². The van der Waals surface area contributed by atoms with Crippen molar-refractivity contribution in [1.29, 1.82) is 0 Å². The van der Waals surface area contributed by atoms with Gasteiger partial charge in [-0.15, -0.1) is 0 Å². The second kappa shape index (κ2) is 44.9. The first-order chi connectivity index (χ1) is 57.2. The number of carbonyl (C=O) groups is 4. The summed E-state index contributed by atoms with van der Waals surface area (Å²) in [4.78, 5) is 53.8. The van der Waals surface area contributed by atoms with Crippen molar-refractivity contribution < 1.29 is 128 Å². The topological polar surface area (TPSA) is 187 Å². The molecule has 0 bridgehead atoms. The van der Waals surface area contributed by atoms with Crippen LogP contribution in [0.5, 0.6) is 28.7 Å². The van der Waals surface area contributed by atoms with Gasteiger partial charge in [-0.2, -0.15) is 26.3 Å². The van der Waals surface area contributed by atoms with Crippen molar-refractivity contribution in [3.8, 4) is 28.7 Å². The number of halogens is 10. The fraction of sp³-hybridized carbons (Fsp3) is 0.505. The molecule has 5 saturated heterocycles. The predicted octanol–water partition coefficient (Wildman–Crippen LogP) is 17.7. The quantitative estimate of drug-likeness (QED) is 0.0569. The molecular weight excluding hydrogens is 1730 g/mol. The van der Waals surface area contributed by atoms with Crippen LogP contribution in [0.25, 0.3) is 0 Å². The minimum Gasteiger partial charge on any atom is -1.00 e. The van der Waals surface area contributed by atoms with Crippen LogP contribution in [0.4, 0.5) is 49.5 Å². The summed E-state index contributed by atoms with van der Waals surface area (Å²) in [6, 6.07) is 48.5. The maximum Gasteiger partial charge on any atom is 1.00 e. The molecule has 7 aromatic rings. The third kappa shape index (κ3) is 31.2. The maximum absolute atomic E-state index is 13.7. The second-order valence-electron chi connectivity index (χ2n) is 34.3. The number of Topliss-reactive ketones (excluding diaryl/α,β-unsaturated/α-hetero) is 1. The number of hydrogen-bond donors (Lipinski definition) is 2. The van der Waals surface area contributed by atoms with E-state index in [-0.39, 0.29) is 115 Å². The molecule has 0 aromatic heterocycles. The third-order valence-corrected chi connectivity index (χ3v) is 22.3. The number of ether oxygens (including phenoxy) is 8. The van der Waals surface area contributed by atoms with Gasteiger partial charge in [0.05, 0.1) is 23.3 Å². The van der Waals surface area contributed by atoms with E-state index in [0.29, 0.717) is 93.3 Å². The molecule has 122 heavy (non-hydrogen) atoms. The summed E-state index contributed by atoms with van der Waals surface area (Å²) in [5.41, 5.74) is 1.16. The molecule has 29 heteroatoms. The number of para-hydroxylation sites is 5. The molecule has 18 nitrogen and oxygen atoms in total. The average molecular weight is 1850 g/mol. The van der Waals surface area contributed by atoms with Gasteiger partial charge in [0.1, 0.15) is 86.4 Å². The van der Waals surface area contributed by atoms with Gasteiger partial charge in [0.2, 0.25) is 0 Å². The Morgan fingerprint density at radius 3 is 1.16 bits per heavy atom. The van der Waals surface area contributed by atoms with E-state index < -0.39 is 45.9 Å². The SMILES string of the molecule is CC(C)(C)OC(=O)N1CCC(=O)CC1.CC(C)(C)OC(=O)N1CCC(O)(Cc2ccccc2F)CC1.CC(C)(C)OC(=O)N1CCC2(CC1)Cc1ccccc1O2.FC(F)(F)c1ccccc1OCCBr.FC(F)(F)c1ccccc1OCCN1CCC2(CC1)Cc1ccccc1O2.Fc1ccccc1CBr.[H-].[Na+].c1ccc2c(c1)CC1(CCNCC1)O2. The molecule has 5 fully saturated rings. The standard InChI is InChI=1S/C21H22F3NO2.C17H24FNO3.C17H23NO3.C12H15NO.C10H17NO3.C9H8BrF3O.C7H6BrF.Na.H/c22-21(23,24)17-6-2-4-8-19(17)26-14-13-25-11-9-20(10-12-25)15-16-5-1-3-7-18(16)27-20;1-16(2,3)22-15(20)19-10-8-17(21,9-11-19)12-13-6-4-5-7-14(13)18;1-16(2,3)21-15(19)18-10-8-17(9-11-18)12-13-6-4-5-7-14(13)20-17;1-2-4-11-10(3-1)9-12(14-11)5-7-13-8-6-12;1-10(2,3)14-9(13)11-6-4-8(12)5-7-11;10-5-6-14-8-4-2-1-3-7(8)9(11,12)13;8-5-6-3-1-2-4-7(6)9;;/h1-8H,9-15H2;4-7,21H,8-12H2,1-3H3;4-7H,8-12H2,1-3H3;1-4,13H,5-9H2;4-7H2,1-3H3;1-4H,5-6H2;1-4H,5H2;;/q;;;;;;;+1;-1. The molecule has 3 spiro atoms. The molecule has 7 aromatic carbocycles. The number of piperidine rings is 5. The first-order valence-electron chi connectivity index (χ1n) is 41.3. The molecule has 662 valence electrons. The summed E-state index contributed by atoms with van der Waals surface area (Å²) < 4.78 is 147. The van der Waals surface area contributed by atoms with Crippen LogP contribution < -0.4 is 58.6 Å². The number of aliphatic hydroxyl groups is 1. The van der Waals surface area contributed by atoms with Crippen molar-refractivity contribution in [1.82, 2.24) is 24.9 Å². The molecule has 0 atom stereocenters. The van der Waals surface area contributed by atoms with Crippen LogP contribution in [0.2, 0.25) is 0 Å². The molecule has 8 aliphatic heterocycles. The molecule has 0 radical (unpaired) electrons. The van der Waals surface area contributed by atoms with Gasteiger partial charge in [-0.3, -0.25) is 9.69 Å². The Balaban J connectivity index is 0.000000201. The van der Waals surface area contributed by atoms with Crippen molar-refractivity contribution in [2.45, 2.75) is 209 Å². The zero-order chi connectivity index (χ0) is 87.9. The summed E-state index contributed by atoms with van der Waals surface area (Å²) >= 11 is 6.24. The zero-order valence-corrected chi connectivity index (χ0v) is 76.8. The third-order valence-electron chi connectivity index (χ3n) is 21.3. The summed E-state index contributed by atoms with van der Waals surface area (Å²) in [6.45, 7) is 24.8. The van der Waals surface area contributed by atoms with Gasteiger partial charge in [0.25, 0.3) is 0 Å². The number of amides is 3. The van der Waals surface area contributed by atoms with Gasteiger partial charge in [-0.05, 0) is 184 Å². The van der Waals surface area contributed by atoms with Crippen LogP contribution in [-0.4, -0.2) is 179 Å². The molecule has 8 aliphatic rings. The normalized spacial score (nSPS) is 17.7. The monoisotopic (exact) mass is 1840 g/mol. The first-order valence-corrected chi connectivity index (χ1v) is 43.5. The molecule has 0 unspecified atom stereocenters. The van der Waals surface area contributed by atoms with Crippen molar-refractivity contribution in [2.75, 3.05) is 90.5 Å². The number of benzene rings is 7. The van der Waals surface area contributed by atoms with E-state index in [0.717, 1.165) is 113 Å². The van der Waals surface area contributed by atoms with Gasteiger partial charge >= 0.3 is 60.2 Å². The van der Waals surface area contributed by atoms with Crippen molar-refractivity contribution in [3.63, 3.8) is 0 Å². The fourth-order valence-corrected chi connectivity index (χ4v) is 15.6. The number of hydrogen-bond acceptors (Lipinski definition) is 15. The predicted molar refractivity (Wildman–Crippen MR) is 457 cm³/mol. The summed E-state index contributed by atoms with van der Waals surface area (Å²) in [5, 5.41) is 15.1. The molecule has 8 heterocycles. The minimum absolute atomic E-state index is 0. The van der Waals surface area contributed by atoms with Gasteiger partial charge < -0.3 is 64.4 Å². The number of nitrogens with one attached hydrogen (secondary N) is 1. The average Bonchev–Trinajstić information content (AvgIpc) is 1.64. The Kier molecular flexibility index (Phi) is 36.7. The van der Waals surface area contributed by atoms with Crippen LogP contribution in [-0.2, 0) is 62.4 Å². The Hall–Kier alpha value is -7.70. The first kappa shape index (κ1) is 99.7. The van der Waals surface area contributed by atoms with Crippen LogP contribution in [0.1, 0.15) is 167 Å². The van der Waals surface area contributed by atoms with Crippen LogP contribution in [0, 0.1) is 11.6 Å². The molecule has 3 amide bonds. The number of ketones is 1. The van der Waals surface area contributed by atoms with Gasteiger partial charge in [0, 0.05) is 134 Å². The number of likely N-dealkylation sites (tertiary alicyclic amines) is 4. The number of carbonyl (C=O) groups excluding carboxylic acids is 4. The Bertz CT molecular complexity index is 4410. The smallest absolute Gasteiger partial charge is 1.00 e. The molecular formula is C93H116Br2F8N5NaO13. The van der Waals surface area contributed by atoms with E-state index in [1.54, 1.807) is 51.1 Å². The van der Waals surface area contributed by atoms with E-state index in [9.17, 15) is 59.4 Å². The van der Waals surface area contributed by atoms with E-state index in [4.69, 9.17) is 37.9 Å². The molecule has 15 rings (SSSR count).